The molecule has 2 rings (SSSR count). The SMILES string of the molecule is CCc1nc(C2CSCCN2C)nc(CC)c1CCN. The van der Waals surface area contributed by atoms with Crippen molar-refractivity contribution in [2.24, 2.45) is 5.73 Å². The van der Waals surface area contributed by atoms with Crippen LogP contribution in [0.3, 0.4) is 0 Å². The lowest BCUT2D eigenvalue weighted by molar-refractivity contribution is 0.263. The Morgan fingerprint density at radius 1 is 1.25 bits per heavy atom. The molecule has 2 heterocycles. The highest BCUT2D eigenvalue weighted by Gasteiger charge is 2.25. The maximum Gasteiger partial charge on any atom is 0.146 e. The second-order valence-electron chi connectivity index (χ2n) is 5.27. The minimum absolute atomic E-state index is 0.358. The Balaban J connectivity index is 2.38. The van der Waals surface area contributed by atoms with E-state index in [-0.39, 0.29) is 0 Å². The van der Waals surface area contributed by atoms with Gasteiger partial charge in [-0.3, -0.25) is 4.90 Å². The highest BCUT2D eigenvalue weighted by atomic mass is 32.2. The molecule has 1 aromatic rings. The molecule has 0 aliphatic carbocycles. The van der Waals surface area contributed by atoms with E-state index in [4.69, 9.17) is 15.7 Å². The molecule has 0 amide bonds. The molecule has 5 heteroatoms. The molecule has 2 N–H and O–H groups in total. The largest absolute Gasteiger partial charge is 0.330 e. The van der Waals surface area contributed by atoms with Gasteiger partial charge in [0.05, 0.1) is 6.04 Å². The summed E-state index contributed by atoms with van der Waals surface area (Å²) < 4.78 is 0. The highest BCUT2D eigenvalue weighted by Crippen LogP contribution is 2.27. The van der Waals surface area contributed by atoms with Crippen LogP contribution in [-0.4, -0.2) is 46.5 Å². The monoisotopic (exact) mass is 294 g/mol. The quantitative estimate of drug-likeness (QED) is 0.898. The van der Waals surface area contributed by atoms with Crippen molar-refractivity contribution >= 4 is 11.8 Å². The molecule has 1 saturated heterocycles. The Morgan fingerprint density at radius 2 is 1.90 bits per heavy atom. The number of hydrogen-bond donors (Lipinski definition) is 1. The van der Waals surface area contributed by atoms with Crippen LogP contribution in [-0.2, 0) is 19.3 Å². The lowest BCUT2D eigenvalue weighted by atomic mass is 10.0. The molecule has 0 bridgehead atoms. The number of hydrogen-bond acceptors (Lipinski definition) is 5. The second kappa shape index (κ2) is 7.38. The van der Waals surface area contributed by atoms with Crippen molar-refractivity contribution in [2.45, 2.75) is 39.2 Å². The van der Waals surface area contributed by atoms with Gasteiger partial charge in [0.25, 0.3) is 0 Å². The molecule has 0 radical (unpaired) electrons. The first-order valence-corrected chi connectivity index (χ1v) is 8.73. The number of aryl methyl sites for hydroxylation is 2. The first kappa shape index (κ1) is 15.7. The van der Waals surface area contributed by atoms with E-state index >= 15 is 0 Å². The zero-order valence-electron chi connectivity index (χ0n) is 12.9. The van der Waals surface area contributed by atoms with Gasteiger partial charge in [-0.05, 0) is 38.4 Å². The highest BCUT2D eigenvalue weighted by molar-refractivity contribution is 7.99. The van der Waals surface area contributed by atoms with E-state index in [0.717, 1.165) is 37.4 Å². The summed E-state index contributed by atoms with van der Waals surface area (Å²) >= 11 is 2.00. The first-order chi connectivity index (χ1) is 9.71. The zero-order chi connectivity index (χ0) is 14.5. The lowest BCUT2D eigenvalue weighted by Gasteiger charge is -2.31. The van der Waals surface area contributed by atoms with Gasteiger partial charge in [0.2, 0.25) is 0 Å². The molecule has 1 atom stereocenters. The summed E-state index contributed by atoms with van der Waals surface area (Å²) in [6, 6.07) is 0.358. The molecule has 1 fully saturated rings. The van der Waals surface area contributed by atoms with Crippen LogP contribution >= 0.6 is 11.8 Å². The van der Waals surface area contributed by atoms with Gasteiger partial charge in [-0.2, -0.15) is 11.8 Å². The van der Waals surface area contributed by atoms with Gasteiger partial charge in [-0.1, -0.05) is 13.8 Å². The van der Waals surface area contributed by atoms with Gasteiger partial charge in [-0.15, -0.1) is 0 Å². The van der Waals surface area contributed by atoms with E-state index in [0.29, 0.717) is 12.6 Å². The predicted molar refractivity (Wildman–Crippen MR) is 86.2 cm³/mol. The van der Waals surface area contributed by atoms with Gasteiger partial charge in [0.15, 0.2) is 0 Å². The predicted octanol–water partition coefficient (Wildman–Crippen LogP) is 1.82. The number of thioether (sulfide) groups is 1. The fourth-order valence-corrected chi connectivity index (χ4v) is 3.94. The summed E-state index contributed by atoms with van der Waals surface area (Å²) in [5.74, 6) is 3.31. The molecule has 20 heavy (non-hydrogen) atoms. The van der Waals surface area contributed by atoms with E-state index in [1.54, 1.807) is 0 Å². The first-order valence-electron chi connectivity index (χ1n) is 7.57. The third kappa shape index (κ3) is 3.32. The van der Waals surface area contributed by atoms with Gasteiger partial charge < -0.3 is 5.73 Å². The van der Waals surface area contributed by atoms with E-state index in [2.05, 4.69) is 25.8 Å². The van der Waals surface area contributed by atoms with Crippen LogP contribution in [0.1, 0.15) is 42.7 Å². The Hall–Kier alpha value is -0.650. The molecule has 1 aliphatic rings. The Morgan fingerprint density at radius 3 is 2.40 bits per heavy atom. The van der Waals surface area contributed by atoms with Crippen LogP contribution in [0.5, 0.6) is 0 Å². The topological polar surface area (TPSA) is 55.0 Å². The maximum atomic E-state index is 5.74. The molecule has 112 valence electrons. The van der Waals surface area contributed by atoms with Crippen LogP contribution in [0.2, 0.25) is 0 Å². The van der Waals surface area contributed by atoms with Crippen molar-refractivity contribution in [3.63, 3.8) is 0 Å². The van der Waals surface area contributed by atoms with Gasteiger partial charge >= 0.3 is 0 Å². The van der Waals surface area contributed by atoms with Crippen LogP contribution in [0.4, 0.5) is 0 Å². The summed E-state index contributed by atoms with van der Waals surface area (Å²) in [6.45, 7) is 6.13. The average Bonchev–Trinajstić information content (AvgIpc) is 2.48. The third-order valence-electron chi connectivity index (χ3n) is 3.95. The van der Waals surface area contributed by atoms with Crippen LogP contribution in [0.25, 0.3) is 0 Å². The third-order valence-corrected chi connectivity index (χ3v) is 4.98. The lowest BCUT2D eigenvalue weighted by Crippen LogP contribution is -2.34. The van der Waals surface area contributed by atoms with E-state index in [9.17, 15) is 0 Å². The van der Waals surface area contributed by atoms with Crippen molar-refractivity contribution in [2.75, 3.05) is 31.6 Å². The van der Waals surface area contributed by atoms with Crippen LogP contribution < -0.4 is 5.73 Å². The minimum Gasteiger partial charge on any atom is -0.330 e. The van der Waals surface area contributed by atoms with Crippen molar-refractivity contribution in [3.05, 3.63) is 22.8 Å². The van der Waals surface area contributed by atoms with E-state index in [1.807, 2.05) is 11.8 Å². The molecule has 0 spiro atoms. The van der Waals surface area contributed by atoms with Gasteiger partial charge in [0, 0.05) is 29.4 Å². The Labute approximate surface area is 126 Å². The number of rotatable bonds is 5. The number of nitrogens with zero attached hydrogens (tertiary/aromatic N) is 3. The molecule has 1 unspecified atom stereocenters. The van der Waals surface area contributed by atoms with Crippen molar-refractivity contribution in [1.29, 1.82) is 0 Å². The fourth-order valence-electron chi connectivity index (χ4n) is 2.73. The molecular weight excluding hydrogens is 268 g/mol. The molecule has 0 saturated carbocycles. The van der Waals surface area contributed by atoms with Crippen molar-refractivity contribution in [1.82, 2.24) is 14.9 Å². The fraction of sp³-hybridized carbons (Fsp3) is 0.733. The van der Waals surface area contributed by atoms with Crippen molar-refractivity contribution < 1.29 is 0 Å². The number of aromatic nitrogens is 2. The van der Waals surface area contributed by atoms with Crippen molar-refractivity contribution in [3.8, 4) is 0 Å². The van der Waals surface area contributed by atoms with Crippen LogP contribution in [0, 0.1) is 0 Å². The summed E-state index contributed by atoms with van der Waals surface area (Å²) in [5, 5.41) is 0. The van der Waals surface area contributed by atoms with E-state index < -0.39 is 0 Å². The molecular formula is C15H26N4S. The summed E-state index contributed by atoms with van der Waals surface area (Å²) in [6.07, 6.45) is 2.81. The normalized spacial score (nSPS) is 20.3. The summed E-state index contributed by atoms with van der Waals surface area (Å²) in [5.41, 5.74) is 9.42. The standard InChI is InChI=1S/C15H26N4S/c1-4-12-11(6-7-16)13(5-2)18-15(17-12)14-10-20-9-8-19(14)3/h14H,4-10,16H2,1-3H3. The van der Waals surface area contributed by atoms with E-state index in [1.165, 1.54) is 22.7 Å². The molecule has 0 aromatic carbocycles. The minimum atomic E-state index is 0.358. The zero-order valence-corrected chi connectivity index (χ0v) is 13.7. The summed E-state index contributed by atoms with van der Waals surface area (Å²) in [7, 11) is 2.18. The Bertz CT molecular complexity index is 424. The summed E-state index contributed by atoms with van der Waals surface area (Å²) in [4.78, 5) is 12.1. The number of nitrogens with two attached hydrogens (primary N) is 1. The maximum absolute atomic E-state index is 5.74. The smallest absolute Gasteiger partial charge is 0.146 e. The molecule has 4 nitrogen and oxygen atoms in total. The molecule has 1 aromatic heterocycles. The second-order valence-corrected chi connectivity index (χ2v) is 6.42. The van der Waals surface area contributed by atoms with Gasteiger partial charge in [-0.25, -0.2) is 9.97 Å². The van der Waals surface area contributed by atoms with Crippen LogP contribution in [0.15, 0.2) is 0 Å². The average molecular weight is 294 g/mol. The van der Waals surface area contributed by atoms with Gasteiger partial charge in [0.1, 0.15) is 5.82 Å². The molecule has 1 aliphatic heterocycles. The Kier molecular flexibility index (Phi) is 5.81.